The number of carbonyl (C=O) groups excluding carboxylic acids is 1. The number of likely N-dealkylation sites (tertiary alicyclic amines) is 1. The van der Waals surface area contributed by atoms with Crippen molar-refractivity contribution < 1.29 is 9.53 Å². The van der Waals surface area contributed by atoms with Gasteiger partial charge in [0.2, 0.25) is 5.91 Å². The van der Waals surface area contributed by atoms with Crippen molar-refractivity contribution in [2.45, 2.75) is 38.2 Å². The third-order valence-electron chi connectivity index (χ3n) is 3.70. The van der Waals surface area contributed by atoms with Crippen LogP contribution in [0.2, 0.25) is 0 Å². The Morgan fingerprint density at radius 3 is 2.77 bits per heavy atom. The van der Waals surface area contributed by atoms with Gasteiger partial charge < -0.3 is 15.4 Å². The Kier molecular flexibility index (Phi) is 9.59. The number of carbonyl (C=O) groups is 1. The van der Waals surface area contributed by atoms with Crippen LogP contribution in [0.1, 0.15) is 30.6 Å². The van der Waals surface area contributed by atoms with Gasteiger partial charge in [0.1, 0.15) is 0 Å². The van der Waals surface area contributed by atoms with Crippen LogP contribution >= 0.6 is 39.7 Å². The number of ether oxygens (including phenoxy) is 1. The third kappa shape index (κ3) is 6.54. The van der Waals surface area contributed by atoms with E-state index in [0.29, 0.717) is 19.1 Å². The molecule has 1 aliphatic rings. The number of thiophene rings is 1. The molecule has 1 amide bonds. The molecule has 0 radical (unpaired) electrons. The standard InChI is InChI=1S/C15H23BrN2O2S.ClH/c16-12-10-14(21-11-12)2-3-15(19)18-7-4-13(5-8-18)20-9-1-6-17;/h10-11,13H,1-9,17H2;1H. The molecular weight excluding hydrogens is 388 g/mol. The van der Waals surface area contributed by atoms with E-state index < -0.39 is 0 Å². The van der Waals surface area contributed by atoms with E-state index in [9.17, 15) is 4.79 Å². The summed E-state index contributed by atoms with van der Waals surface area (Å²) < 4.78 is 6.86. The summed E-state index contributed by atoms with van der Waals surface area (Å²) in [4.78, 5) is 15.4. The number of aryl methyl sites for hydroxylation is 1. The summed E-state index contributed by atoms with van der Waals surface area (Å²) in [5.74, 6) is 0.264. The Hall–Kier alpha value is -0.140. The van der Waals surface area contributed by atoms with Gasteiger partial charge in [0, 0.05) is 40.8 Å². The van der Waals surface area contributed by atoms with Gasteiger partial charge in [0.25, 0.3) is 0 Å². The number of hydrogen-bond donors (Lipinski definition) is 1. The van der Waals surface area contributed by atoms with E-state index in [1.54, 1.807) is 11.3 Å². The van der Waals surface area contributed by atoms with E-state index in [-0.39, 0.29) is 18.3 Å². The van der Waals surface area contributed by atoms with Crippen LogP contribution in [0.3, 0.4) is 0 Å². The molecule has 22 heavy (non-hydrogen) atoms. The molecule has 0 unspecified atom stereocenters. The molecule has 2 N–H and O–H groups in total. The molecule has 1 saturated heterocycles. The highest BCUT2D eigenvalue weighted by atomic mass is 79.9. The summed E-state index contributed by atoms with van der Waals surface area (Å²) in [6.07, 6.45) is 4.54. The molecule has 0 atom stereocenters. The minimum Gasteiger partial charge on any atom is -0.378 e. The van der Waals surface area contributed by atoms with Gasteiger partial charge in [-0.1, -0.05) is 0 Å². The van der Waals surface area contributed by atoms with Crippen LogP contribution in [0, 0.1) is 0 Å². The Bertz CT molecular complexity index is 451. The zero-order valence-corrected chi connectivity index (χ0v) is 15.9. The van der Waals surface area contributed by atoms with Crippen molar-refractivity contribution in [3.8, 4) is 0 Å². The first kappa shape index (κ1) is 19.9. The molecule has 1 aliphatic heterocycles. The van der Waals surface area contributed by atoms with E-state index in [4.69, 9.17) is 10.5 Å². The van der Waals surface area contributed by atoms with Crippen LogP contribution in [0.25, 0.3) is 0 Å². The Balaban J connectivity index is 0.00000242. The minimum atomic E-state index is 0. The molecule has 2 heterocycles. The Labute approximate surface area is 150 Å². The van der Waals surface area contributed by atoms with Crippen molar-refractivity contribution in [2.24, 2.45) is 5.73 Å². The predicted octanol–water partition coefficient (Wildman–Crippen LogP) is 3.22. The van der Waals surface area contributed by atoms with Crippen molar-refractivity contribution in [3.05, 3.63) is 20.8 Å². The van der Waals surface area contributed by atoms with Crippen LogP contribution < -0.4 is 5.73 Å². The third-order valence-corrected chi connectivity index (χ3v) is 5.46. The first-order valence-electron chi connectivity index (χ1n) is 7.51. The molecule has 0 aliphatic carbocycles. The van der Waals surface area contributed by atoms with Gasteiger partial charge in [0.05, 0.1) is 6.10 Å². The van der Waals surface area contributed by atoms with Crippen LogP contribution in [0.15, 0.2) is 15.9 Å². The van der Waals surface area contributed by atoms with E-state index >= 15 is 0 Å². The van der Waals surface area contributed by atoms with Crippen molar-refractivity contribution in [1.82, 2.24) is 4.90 Å². The summed E-state index contributed by atoms with van der Waals surface area (Å²) in [6.45, 7) is 3.05. The number of halogens is 2. The van der Waals surface area contributed by atoms with Crippen molar-refractivity contribution >= 4 is 45.6 Å². The van der Waals surface area contributed by atoms with Crippen molar-refractivity contribution in [1.29, 1.82) is 0 Å². The molecule has 2 rings (SSSR count). The fourth-order valence-electron chi connectivity index (χ4n) is 2.48. The lowest BCUT2D eigenvalue weighted by Gasteiger charge is -2.32. The fraction of sp³-hybridized carbons (Fsp3) is 0.667. The number of amides is 1. The molecule has 1 aromatic rings. The number of rotatable bonds is 7. The van der Waals surface area contributed by atoms with Gasteiger partial charge in [-0.25, -0.2) is 0 Å². The maximum atomic E-state index is 12.2. The Morgan fingerprint density at radius 2 is 2.18 bits per heavy atom. The first-order valence-corrected chi connectivity index (χ1v) is 9.18. The lowest BCUT2D eigenvalue weighted by atomic mass is 10.1. The normalized spacial score (nSPS) is 15.6. The van der Waals surface area contributed by atoms with E-state index in [1.165, 1.54) is 4.88 Å². The quantitative estimate of drug-likeness (QED) is 0.701. The molecular formula is C15H24BrClN2O2S. The second kappa shape index (κ2) is 10.6. The summed E-state index contributed by atoms with van der Waals surface area (Å²) in [7, 11) is 0. The summed E-state index contributed by atoms with van der Waals surface area (Å²) in [5, 5.41) is 2.06. The van der Waals surface area contributed by atoms with Crippen molar-refractivity contribution in [3.63, 3.8) is 0 Å². The second-order valence-corrected chi connectivity index (χ2v) is 7.24. The predicted molar refractivity (Wildman–Crippen MR) is 96.8 cm³/mol. The van der Waals surface area contributed by atoms with Gasteiger partial charge >= 0.3 is 0 Å². The van der Waals surface area contributed by atoms with E-state index in [2.05, 4.69) is 27.4 Å². The highest BCUT2D eigenvalue weighted by Gasteiger charge is 2.22. The van der Waals surface area contributed by atoms with Gasteiger partial charge in [-0.05, 0) is 54.2 Å². The number of hydrogen-bond acceptors (Lipinski definition) is 4. The average molecular weight is 412 g/mol. The topological polar surface area (TPSA) is 55.6 Å². The van der Waals surface area contributed by atoms with Crippen LogP contribution in [0.5, 0.6) is 0 Å². The van der Waals surface area contributed by atoms with Gasteiger partial charge in [-0.2, -0.15) is 0 Å². The summed E-state index contributed by atoms with van der Waals surface area (Å²) in [5.41, 5.74) is 5.45. The molecule has 7 heteroatoms. The van der Waals surface area contributed by atoms with Crippen molar-refractivity contribution in [2.75, 3.05) is 26.2 Å². The molecule has 0 aromatic carbocycles. The molecule has 4 nitrogen and oxygen atoms in total. The highest BCUT2D eigenvalue weighted by molar-refractivity contribution is 9.10. The summed E-state index contributed by atoms with van der Waals surface area (Å²) in [6, 6.07) is 2.09. The van der Waals surface area contributed by atoms with Gasteiger partial charge in [-0.3, -0.25) is 4.79 Å². The fourth-order valence-corrected chi connectivity index (χ4v) is 3.93. The van der Waals surface area contributed by atoms with E-state index in [0.717, 1.165) is 49.9 Å². The summed E-state index contributed by atoms with van der Waals surface area (Å²) >= 11 is 5.14. The van der Waals surface area contributed by atoms with Gasteiger partial charge in [-0.15, -0.1) is 23.7 Å². The van der Waals surface area contributed by atoms with Gasteiger partial charge in [0.15, 0.2) is 0 Å². The maximum Gasteiger partial charge on any atom is 0.222 e. The lowest BCUT2D eigenvalue weighted by Crippen LogP contribution is -2.41. The average Bonchev–Trinajstić information content (AvgIpc) is 2.91. The minimum absolute atomic E-state index is 0. The molecule has 0 bridgehead atoms. The second-order valence-electron chi connectivity index (χ2n) is 5.32. The molecule has 0 saturated carbocycles. The molecule has 0 spiro atoms. The van der Waals surface area contributed by atoms with Crippen LogP contribution in [-0.2, 0) is 16.0 Å². The first-order chi connectivity index (χ1) is 10.2. The maximum absolute atomic E-state index is 12.2. The highest BCUT2D eigenvalue weighted by Crippen LogP contribution is 2.22. The zero-order valence-electron chi connectivity index (χ0n) is 12.6. The largest absolute Gasteiger partial charge is 0.378 e. The smallest absolute Gasteiger partial charge is 0.222 e. The zero-order chi connectivity index (χ0) is 15.1. The molecule has 126 valence electrons. The van der Waals surface area contributed by atoms with E-state index in [1.807, 2.05) is 4.90 Å². The number of nitrogens with zero attached hydrogens (tertiary/aromatic N) is 1. The monoisotopic (exact) mass is 410 g/mol. The number of nitrogens with two attached hydrogens (primary N) is 1. The number of piperidine rings is 1. The Morgan fingerprint density at radius 1 is 1.45 bits per heavy atom. The van der Waals surface area contributed by atoms with Crippen LogP contribution in [0.4, 0.5) is 0 Å². The van der Waals surface area contributed by atoms with Crippen LogP contribution in [-0.4, -0.2) is 43.2 Å². The lowest BCUT2D eigenvalue weighted by molar-refractivity contribution is -0.133. The molecule has 1 aromatic heterocycles. The SMILES string of the molecule is Cl.NCCCOC1CCN(C(=O)CCc2cc(Br)cs2)CC1. The molecule has 1 fully saturated rings.